The van der Waals surface area contributed by atoms with Crippen molar-refractivity contribution in [1.82, 2.24) is 9.97 Å². The molecule has 25 heavy (non-hydrogen) atoms. The van der Waals surface area contributed by atoms with Gasteiger partial charge in [0.2, 0.25) is 5.91 Å². The van der Waals surface area contributed by atoms with E-state index in [-0.39, 0.29) is 5.75 Å². The van der Waals surface area contributed by atoms with E-state index in [1.807, 2.05) is 0 Å². The van der Waals surface area contributed by atoms with E-state index < -0.39 is 23.2 Å². The molecule has 8 heteroatoms. The fraction of sp³-hybridized carbons (Fsp3) is 0.235. The smallest absolute Gasteiger partial charge is 0.234 e. The highest BCUT2D eigenvalue weighted by molar-refractivity contribution is 8.00. The number of thioether (sulfide) groups is 1. The minimum absolute atomic E-state index is 0.0184. The van der Waals surface area contributed by atoms with Crippen molar-refractivity contribution in [2.24, 2.45) is 0 Å². The van der Waals surface area contributed by atoms with Crippen LogP contribution in [0.15, 0.2) is 29.6 Å². The Hall–Kier alpha value is -2.06. The van der Waals surface area contributed by atoms with Gasteiger partial charge in [-0.3, -0.25) is 4.79 Å². The zero-order chi connectivity index (χ0) is 17.4. The summed E-state index contributed by atoms with van der Waals surface area (Å²) in [6, 6.07) is 3.47. The molecule has 4 nitrogen and oxygen atoms in total. The fourth-order valence-corrected chi connectivity index (χ4v) is 5.06. The molecule has 0 unspecified atom stereocenters. The van der Waals surface area contributed by atoms with Gasteiger partial charge in [-0.05, 0) is 37.0 Å². The molecule has 0 spiro atoms. The van der Waals surface area contributed by atoms with Gasteiger partial charge in [-0.15, -0.1) is 11.3 Å². The predicted octanol–water partition coefficient (Wildman–Crippen LogP) is 4.19. The van der Waals surface area contributed by atoms with Crippen LogP contribution in [-0.4, -0.2) is 21.6 Å². The highest BCUT2D eigenvalue weighted by atomic mass is 32.2. The number of carbonyl (C=O) groups excluding carboxylic acids is 1. The number of anilines is 1. The van der Waals surface area contributed by atoms with Gasteiger partial charge in [0.05, 0.1) is 5.75 Å². The number of hydrogen-bond acceptors (Lipinski definition) is 5. The molecule has 2 aromatic heterocycles. The largest absolute Gasteiger partial charge is 0.320 e. The van der Waals surface area contributed by atoms with Gasteiger partial charge in [-0.2, -0.15) is 0 Å². The van der Waals surface area contributed by atoms with Gasteiger partial charge in [-0.1, -0.05) is 17.8 Å². The molecule has 3 aromatic rings. The normalized spacial score (nSPS) is 13.2. The number of para-hydroxylation sites is 1. The number of fused-ring (bicyclic) bond motifs is 3. The van der Waals surface area contributed by atoms with Gasteiger partial charge in [0.25, 0.3) is 0 Å². The van der Waals surface area contributed by atoms with Crippen LogP contribution in [0.5, 0.6) is 0 Å². The molecule has 0 saturated carbocycles. The average molecular weight is 377 g/mol. The highest BCUT2D eigenvalue weighted by Crippen LogP contribution is 2.40. The molecule has 0 aliphatic heterocycles. The lowest BCUT2D eigenvalue weighted by Crippen LogP contribution is -2.16. The van der Waals surface area contributed by atoms with Crippen LogP contribution in [0.25, 0.3) is 10.2 Å². The molecule has 0 saturated heterocycles. The van der Waals surface area contributed by atoms with Gasteiger partial charge >= 0.3 is 0 Å². The van der Waals surface area contributed by atoms with Gasteiger partial charge in [0.15, 0.2) is 0 Å². The molecule has 2 heterocycles. The van der Waals surface area contributed by atoms with Crippen LogP contribution < -0.4 is 5.32 Å². The third-order valence-corrected chi connectivity index (χ3v) is 6.22. The number of hydrogen-bond donors (Lipinski definition) is 1. The van der Waals surface area contributed by atoms with E-state index in [9.17, 15) is 13.6 Å². The second kappa shape index (κ2) is 6.68. The molecule has 4 rings (SSSR count). The second-order valence-electron chi connectivity index (χ2n) is 5.65. The quantitative estimate of drug-likeness (QED) is 0.547. The van der Waals surface area contributed by atoms with Crippen molar-refractivity contribution in [2.45, 2.75) is 24.3 Å². The zero-order valence-electron chi connectivity index (χ0n) is 13.0. The van der Waals surface area contributed by atoms with Crippen molar-refractivity contribution < 1.29 is 13.6 Å². The van der Waals surface area contributed by atoms with Crippen LogP contribution >= 0.6 is 23.1 Å². The maximum atomic E-state index is 13.6. The summed E-state index contributed by atoms with van der Waals surface area (Å²) in [5.74, 6) is -2.05. The Morgan fingerprint density at radius 2 is 2.04 bits per heavy atom. The molecular formula is C17H13F2N3OS2. The van der Waals surface area contributed by atoms with Gasteiger partial charge in [0, 0.05) is 10.3 Å². The van der Waals surface area contributed by atoms with Crippen molar-refractivity contribution in [3.8, 4) is 0 Å². The first kappa shape index (κ1) is 16.4. The summed E-state index contributed by atoms with van der Waals surface area (Å²) in [6.07, 6.45) is 4.68. The number of nitrogens with zero attached hydrogens (tertiary/aromatic N) is 2. The number of rotatable bonds is 4. The molecule has 128 valence electrons. The number of aryl methyl sites for hydroxylation is 2. The van der Waals surface area contributed by atoms with Crippen molar-refractivity contribution in [3.63, 3.8) is 0 Å². The van der Waals surface area contributed by atoms with Gasteiger partial charge in [0.1, 0.15) is 33.5 Å². The Labute approximate surface area is 150 Å². The summed E-state index contributed by atoms with van der Waals surface area (Å²) in [6.45, 7) is 0. The third kappa shape index (κ3) is 3.11. The lowest BCUT2D eigenvalue weighted by Gasteiger charge is -2.07. The van der Waals surface area contributed by atoms with E-state index in [0.717, 1.165) is 46.6 Å². The van der Waals surface area contributed by atoms with E-state index in [1.165, 1.54) is 34.6 Å². The number of halogens is 2. The SMILES string of the molecule is O=C(CSc1ncnc2sc3c(c12)CCC3)Nc1c(F)cccc1F. The molecule has 1 N–H and O–H groups in total. The first-order chi connectivity index (χ1) is 12.1. The second-order valence-corrected chi connectivity index (χ2v) is 7.70. The Morgan fingerprint density at radius 1 is 1.24 bits per heavy atom. The third-order valence-electron chi connectivity index (χ3n) is 4.03. The molecule has 0 radical (unpaired) electrons. The summed E-state index contributed by atoms with van der Waals surface area (Å²) >= 11 is 2.94. The Kier molecular flexibility index (Phi) is 4.39. The lowest BCUT2D eigenvalue weighted by atomic mass is 10.2. The van der Waals surface area contributed by atoms with Crippen LogP contribution in [-0.2, 0) is 17.6 Å². The summed E-state index contributed by atoms with van der Waals surface area (Å²) in [5, 5.41) is 4.06. The maximum Gasteiger partial charge on any atom is 0.234 e. The first-order valence-electron chi connectivity index (χ1n) is 7.75. The minimum atomic E-state index is -0.793. The molecule has 1 aliphatic carbocycles. The highest BCUT2D eigenvalue weighted by Gasteiger charge is 2.22. The number of thiophene rings is 1. The number of benzene rings is 1. The van der Waals surface area contributed by atoms with Crippen LogP contribution in [0.2, 0.25) is 0 Å². The predicted molar refractivity (Wildman–Crippen MR) is 95.2 cm³/mol. The number of aromatic nitrogens is 2. The van der Waals surface area contributed by atoms with E-state index in [2.05, 4.69) is 15.3 Å². The van der Waals surface area contributed by atoms with E-state index in [1.54, 1.807) is 11.3 Å². The fourth-order valence-electron chi connectivity index (χ4n) is 2.94. The molecule has 0 fully saturated rings. The Morgan fingerprint density at radius 3 is 2.84 bits per heavy atom. The summed E-state index contributed by atoms with van der Waals surface area (Å²) in [5.41, 5.74) is 0.862. The van der Waals surface area contributed by atoms with Crippen molar-refractivity contribution in [2.75, 3.05) is 11.1 Å². The van der Waals surface area contributed by atoms with Crippen molar-refractivity contribution in [3.05, 3.63) is 46.6 Å². The van der Waals surface area contributed by atoms with Gasteiger partial charge < -0.3 is 5.32 Å². The van der Waals surface area contributed by atoms with Crippen LogP contribution in [0.4, 0.5) is 14.5 Å². The average Bonchev–Trinajstić information content (AvgIpc) is 3.17. The van der Waals surface area contributed by atoms with Crippen LogP contribution in [0, 0.1) is 11.6 Å². The first-order valence-corrected chi connectivity index (χ1v) is 9.55. The van der Waals surface area contributed by atoms with Crippen LogP contribution in [0.3, 0.4) is 0 Å². The lowest BCUT2D eigenvalue weighted by molar-refractivity contribution is -0.113. The molecule has 0 bridgehead atoms. The number of carbonyl (C=O) groups is 1. The Bertz CT molecular complexity index is 954. The van der Waals surface area contributed by atoms with Crippen LogP contribution in [0.1, 0.15) is 16.9 Å². The molecule has 1 aromatic carbocycles. The van der Waals surface area contributed by atoms with Crippen molar-refractivity contribution in [1.29, 1.82) is 0 Å². The van der Waals surface area contributed by atoms with E-state index in [4.69, 9.17) is 0 Å². The van der Waals surface area contributed by atoms with Crippen molar-refractivity contribution >= 4 is 44.9 Å². The molecular weight excluding hydrogens is 364 g/mol. The summed E-state index contributed by atoms with van der Waals surface area (Å²) < 4.78 is 27.2. The topological polar surface area (TPSA) is 54.9 Å². The Balaban J connectivity index is 1.52. The number of nitrogens with one attached hydrogen (secondary N) is 1. The molecule has 1 amide bonds. The minimum Gasteiger partial charge on any atom is -0.320 e. The standard InChI is InChI=1S/C17H13F2N3OS2/c18-10-4-2-5-11(19)15(10)22-13(23)7-24-16-14-9-3-1-6-12(9)25-17(14)21-8-20-16/h2,4-5,8H,1,3,6-7H2,(H,22,23). The summed E-state index contributed by atoms with van der Waals surface area (Å²) in [4.78, 5) is 23.0. The molecule has 0 atom stereocenters. The molecule has 1 aliphatic rings. The summed E-state index contributed by atoms with van der Waals surface area (Å²) in [7, 11) is 0. The van der Waals surface area contributed by atoms with E-state index in [0.29, 0.717) is 0 Å². The monoisotopic (exact) mass is 377 g/mol. The number of amides is 1. The van der Waals surface area contributed by atoms with Gasteiger partial charge in [-0.25, -0.2) is 18.7 Å². The maximum absolute atomic E-state index is 13.6. The van der Waals surface area contributed by atoms with E-state index >= 15 is 0 Å². The zero-order valence-corrected chi connectivity index (χ0v) is 14.6.